The highest BCUT2D eigenvalue weighted by molar-refractivity contribution is 7.91. The van der Waals surface area contributed by atoms with Crippen LogP contribution in [0.2, 0.25) is 5.02 Å². The van der Waals surface area contributed by atoms with Gasteiger partial charge in [-0.3, -0.25) is 4.79 Å². The Balaban J connectivity index is 1.57. The molecule has 4 rings (SSSR count). The monoisotopic (exact) mass is 545 g/mol. The topological polar surface area (TPSA) is 99.5 Å². The molecule has 0 aliphatic carbocycles. The lowest BCUT2D eigenvalue weighted by Crippen LogP contribution is -2.23. The maximum Gasteiger partial charge on any atom is 0.263 e. The summed E-state index contributed by atoms with van der Waals surface area (Å²) < 4.78 is 37.5. The standard InChI is InChI=1S/C27H32ClN3O5S/c1-16(2)36-24-7-6-20(10-17(24)3)23-13-25(31(30-23)21-8-9-37(33,34)15-21)29-26(32)14-35-22-11-18(4)27(28)19(5)12-22/h6-7,10-13,16,21H,8-9,14-15H2,1-5H3,(H,29,32). The Labute approximate surface area is 222 Å². The molecule has 1 amide bonds. The Morgan fingerprint density at radius 1 is 1.14 bits per heavy atom. The van der Waals surface area contributed by atoms with Crippen molar-refractivity contribution in [2.45, 2.75) is 53.2 Å². The maximum absolute atomic E-state index is 12.8. The zero-order valence-corrected chi connectivity index (χ0v) is 23.2. The first-order chi connectivity index (χ1) is 17.4. The molecule has 1 aliphatic heterocycles. The van der Waals surface area contributed by atoms with E-state index in [-0.39, 0.29) is 36.2 Å². The van der Waals surface area contributed by atoms with Crippen molar-refractivity contribution < 1.29 is 22.7 Å². The smallest absolute Gasteiger partial charge is 0.263 e. The van der Waals surface area contributed by atoms with Crippen LogP contribution in [0.4, 0.5) is 5.82 Å². The van der Waals surface area contributed by atoms with Crippen LogP contribution in [-0.4, -0.2) is 48.3 Å². The lowest BCUT2D eigenvalue weighted by molar-refractivity contribution is -0.118. The van der Waals surface area contributed by atoms with Gasteiger partial charge in [0, 0.05) is 16.7 Å². The average molecular weight is 546 g/mol. The number of amides is 1. The minimum atomic E-state index is -3.15. The first-order valence-electron chi connectivity index (χ1n) is 12.2. The molecule has 0 saturated carbocycles. The normalized spacial score (nSPS) is 16.7. The van der Waals surface area contributed by atoms with Crippen LogP contribution < -0.4 is 14.8 Å². The SMILES string of the molecule is Cc1cc(-c2cc(NC(=O)COc3cc(C)c(Cl)c(C)c3)n(C3CCS(=O)(=O)C3)n2)ccc1OC(C)C. The van der Waals surface area contributed by atoms with Crippen LogP contribution in [0.1, 0.15) is 43.0 Å². The second-order valence-electron chi connectivity index (χ2n) is 9.77. The van der Waals surface area contributed by atoms with Crippen molar-refractivity contribution >= 4 is 33.2 Å². The lowest BCUT2D eigenvalue weighted by atomic mass is 10.1. The van der Waals surface area contributed by atoms with Crippen LogP contribution in [0.3, 0.4) is 0 Å². The number of carbonyl (C=O) groups is 1. The van der Waals surface area contributed by atoms with Crippen molar-refractivity contribution in [2.75, 3.05) is 23.4 Å². The summed E-state index contributed by atoms with van der Waals surface area (Å²) in [5.41, 5.74) is 4.15. The summed E-state index contributed by atoms with van der Waals surface area (Å²) in [7, 11) is -3.15. The number of nitrogens with one attached hydrogen (secondary N) is 1. The molecule has 1 fully saturated rings. The van der Waals surface area contributed by atoms with Crippen molar-refractivity contribution in [1.82, 2.24) is 9.78 Å². The molecule has 2 aromatic carbocycles. The fourth-order valence-corrected chi connectivity index (χ4v) is 6.19. The van der Waals surface area contributed by atoms with Gasteiger partial charge in [0.15, 0.2) is 16.4 Å². The van der Waals surface area contributed by atoms with E-state index in [2.05, 4.69) is 5.32 Å². The molecule has 198 valence electrons. The molecule has 0 spiro atoms. The predicted octanol–water partition coefficient (Wildman–Crippen LogP) is 5.29. The van der Waals surface area contributed by atoms with Gasteiger partial charge in [0.1, 0.15) is 17.3 Å². The Hall–Kier alpha value is -3.04. The molecule has 0 bridgehead atoms. The minimum Gasteiger partial charge on any atom is -0.491 e. The molecule has 1 unspecified atom stereocenters. The van der Waals surface area contributed by atoms with Crippen molar-refractivity contribution in [3.8, 4) is 22.8 Å². The van der Waals surface area contributed by atoms with E-state index in [0.717, 1.165) is 28.0 Å². The number of aryl methyl sites for hydroxylation is 3. The number of nitrogens with zero attached hydrogens (tertiary/aromatic N) is 2. The number of ether oxygens (including phenoxy) is 2. The van der Waals surface area contributed by atoms with E-state index < -0.39 is 9.84 Å². The molecule has 3 aromatic rings. The summed E-state index contributed by atoms with van der Waals surface area (Å²) in [6.07, 6.45) is 0.490. The Bertz CT molecular complexity index is 1410. The second kappa shape index (κ2) is 10.8. The van der Waals surface area contributed by atoms with E-state index in [0.29, 0.717) is 28.7 Å². The molecule has 37 heavy (non-hydrogen) atoms. The van der Waals surface area contributed by atoms with Gasteiger partial charge in [-0.25, -0.2) is 13.1 Å². The summed E-state index contributed by atoms with van der Waals surface area (Å²) in [5.74, 6) is 1.46. The highest BCUT2D eigenvalue weighted by atomic mass is 35.5. The Morgan fingerprint density at radius 2 is 1.84 bits per heavy atom. The van der Waals surface area contributed by atoms with Crippen LogP contribution >= 0.6 is 11.6 Å². The zero-order chi connectivity index (χ0) is 26.9. The molecule has 0 radical (unpaired) electrons. The number of sulfone groups is 1. The summed E-state index contributed by atoms with van der Waals surface area (Å²) in [4.78, 5) is 12.8. The zero-order valence-electron chi connectivity index (χ0n) is 21.7. The largest absolute Gasteiger partial charge is 0.491 e. The van der Waals surface area contributed by atoms with Gasteiger partial charge in [-0.1, -0.05) is 11.6 Å². The number of rotatable bonds is 8. The molecule has 1 aromatic heterocycles. The van der Waals surface area contributed by atoms with Crippen LogP contribution in [-0.2, 0) is 14.6 Å². The summed E-state index contributed by atoms with van der Waals surface area (Å²) in [6, 6.07) is 10.7. The van der Waals surface area contributed by atoms with E-state index in [1.807, 2.05) is 52.8 Å². The lowest BCUT2D eigenvalue weighted by Gasteiger charge is -2.14. The third-order valence-electron chi connectivity index (χ3n) is 6.17. The quantitative estimate of drug-likeness (QED) is 0.413. The Morgan fingerprint density at radius 3 is 2.43 bits per heavy atom. The first-order valence-corrected chi connectivity index (χ1v) is 14.4. The molecule has 1 saturated heterocycles. The average Bonchev–Trinajstić information content (AvgIpc) is 3.39. The number of hydrogen-bond donors (Lipinski definition) is 1. The third kappa shape index (κ3) is 6.45. The van der Waals surface area contributed by atoms with Gasteiger partial charge in [0.25, 0.3) is 5.91 Å². The van der Waals surface area contributed by atoms with Gasteiger partial charge in [0.05, 0.1) is 29.3 Å². The fourth-order valence-electron chi connectivity index (χ4n) is 4.39. The number of aromatic nitrogens is 2. The number of halogens is 1. The van der Waals surface area contributed by atoms with Crippen molar-refractivity contribution in [3.63, 3.8) is 0 Å². The molecular weight excluding hydrogens is 514 g/mol. The van der Waals surface area contributed by atoms with E-state index >= 15 is 0 Å². The number of benzene rings is 2. The van der Waals surface area contributed by atoms with Gasteiger partial charge < -0.3 is 14.8 Å². The van der Waals surface area contributed by atoms with E-state index in [9.17, 15) is 13.2 Å². The van der Waals surface area contributed by atoms with E-state index in [4.69, 9.17) is 26.2 Å². The predicted molar refractivity (Wildman–Crippen MR) is 146 cm³/mol. The van der Waals surface area contributed by atoms with Gasteiger partial charge >= 0.3 is 0 Å². The molecule has 2 heterocycles. The molecule has 1 N–H and O–H groups in total. The molecule has 10 heteroatoms. The highest BCUT2D eigenvalue weighted by Gasteiger charge is 2.32. The summed E-state index contributed by atoms with van der Waals surface area (Å²) in [5, 5.41) is 8.23. The van der Waals surface area contributed by atoms with Crippen molar-refractivity contribution in [2.24, 2.45) is 0 Å². The second-order valence-corrected chi connectivity index (χ2v) is 12.4. The minimum absolute atomic E-state index is 0.0169. The first kappa shape index (κ1) is 27.0. The van der Waals surface area contributed by atoms with Gasteiger partial charge in [0.2, 0.25) is 0 Å². The fraction of sp³-hybridized carbons (Fsp3) is 0.407. The molecule has 1 aliphatic rings. The molecular formula is C27H32ClN3O5S. The van der Waals surface area contributed by atoms with Crippen LogP contribution in [0.15, 0.2) is 36.4 Å². The van der Waals surface area contributed by atoms with Crippen LogP contribution in [0.5, 0.6) is 11.5 Å². The maximum atomic E-state index is 12.8. The van der Waals surface area contributed by atoms with E-state index in [1.165, 1.54) is 0 Å². The van der Waals surface area contributed by atoms with Crippen molar-refractivity contribution in [3.05, 3.63) is 58.1 Å². The highest BCUT2D eigenvalue weighted by Crippen LogP contribution is 2.32. The summed E-state index contributed by atoms with van der Waals surface area (Å²) >= 11 is 6.22. The number of carbonyl (C=O) groups excluding carboxylic acids is 1. The molecule has 8 nitrogen and oxygen atoms in total. The van der Waals surface area contributed by atoms with Gasteiger partial charge in [-0.15, -0.1) is 0 Å². The Kier molecular flexibility index (Phi) is 7.85. The van der Waals surface area contributed by atoms with E-state index in [1.54, 1.807) is 22.9 Å². The summed E-state index contributed by atoms with van der Waals surface area (Å²) in [6.45, 7) is 9.44. The third-order valence-corrected chi connectivity index (χ3v) is 8.52. The van der Waals surface area contributed by atoms with Crippen molar-refractivity contribution in [1.29, 1.82) is 0 Å². The molecule has 1 atom stereocenters. The van der Waals surface area contributed by atoms with Gasteiger partial charge in [-0.05, 0) is 88.1 Å². The van der Waals surface area contributed by atoms with Gasteiger partial charge in [-0.2, -0.15) is 5.10 Å². The van der Waals surface area contributed by atoms with Crippen LogP contribution in [0, 0.1) is 20.8 Å². The number of hydrogen-bond acceptors (Lipinski definition) is 6. The number of anilines is 1. The van der Waals surface area contributed by atoms with Crippen LogP contribution in [0.25, 0.3) is 11.3 Å².